The third kappa shape index (κ3) is 6.30. The van der Waals surface area contributed by atoms with E-state index in [4.69, 9.17) is 14.0 Å². The molecule has 33 heavy (non-hydrogen) atoms. The van der Waals surface area contributed by atoms with E-state index in [0.717, 1.165) is 11.3 Å². The number of ether oxygens (including phenoxy) is 2. The number of nitrogens with zero attached hydrogens (tertiary/aromatic N) is 3. The van der Waals surface area contributed by atoms with Gasteiger partial charge in [0.2, 0.25) is 15.9 Å². The van der Waals surface area contributed by atoms with Crippen LogP contribution in [0.5, 0.6) is 11.5 Å². The fourth-order valence-electron chi connectivity index (χ4n) is 2.95. The third-order valence-corrected chi connectivity index (χ3v) is 6.62. The maximum atomic E-state index is 13.1. The summed E-state index contributed by atoms with van der Waals surface area (Å²) < 4.78 is 43.3. The van der Waals surface area contributed by atoms with E-state index in [-0.39, 0.29) is 42.0 Å². The number of anilines is 1. The normalized spacial score (nSPS) is 11.4. The van der Waals surface area contributed by atoms with Gasteiger partial charge in [0.25, 0.3) is 5.89 Å². The van der Waals surface area contributed by atoms with Gasteiger partial charge < -0.3 is 19.3 Å². The van der Waals surface area contributed by atoms with Crippen molar-refractivity contribution in [2.24, 2.45) is 0 Å². The number of carbonyl (C=O) groups is 1. The minimum Gasteiger partial charge on any atom is -0.497 e. The van der Waals surface area contributed by atoms with Crippen molar-refractivity contribution in [3.8, 4) is 11.5 Å². The minimum atomic E-state index is -3.86. The summed E-state index contributed by atoms with van der Waals surface area (Å²) in [4.78, 5) is 15.8. The summed E-state index contributed by atoms with van der Waals surface area (Å²) in [6.45, 7) is 3.31. The molecule has 0 aliphatic carbocycles. The van der Waals surface area contributed by atoms with Crippen LogP contribution in [0, 0.1) is 6.92 Å². The molecule has 0 bridgehead atoms. The lowest BCUT2D eigenvalue weighted by Crippen LogP contribution is -2.30. The number of hydrogen-bond donors (Lipinski definition) is 1. The molecule has 0 atom stereocenters. The number of hydrogen-bond acceptors (Lipinski definition) is 8. The van der Waals surface area contributed by atoms with Crippen LogP contribution in [0.3, 0.4) is 0 Å². The number of amides is 1. The Morgan fingerprint density at radius 1 is 1.15 bits per heavy atom. The first-order valence-electron chi connectivity index (χ1n) is 10.1. The molecule has 11 heteroatoms. The molecule has 0 spiro atoms. The number of rotatable bonds is 10. The summed E-state index contributed by atoms with van der Waals surface area (Å²) in [7, 11) is -0.810. The maximum Gasteiger partial charge on any atom is 0.264 e. The van der Waals surface area contributed by atoms with E-state index < -0.39 is 10.0 Å². The van der Waals surface area contributed by atoms with Crippen LogP contribution in [-0.2, 0) is 27.8 Å². The molecule has 10 nitrogen and oxygen atoms in total. The third-order valence-electron chi connectivity index (χ3n) is 4.72. The molecule has 1 aromatic heterocycles. The van der Waals surface area contributed by atoms with Gasteiger partial charge in [-0.05, 0) is 48.9 Å². The van der Waals surface area contributed by atoms with Crippen molar-refractivity contribution in [1.82, 2.24) is 14.4 Å². The molecule has 1 amide bonds. The lowest BCUT2D eigenvalue weighted by molar-refractivity contribution is -0.114. The molecule has 0 radical (unpaired) electrons. The standard InChI is InChI=1S/C22H26N4O6S/c1-15-5-10-19(23-16(2)27)20(13-15)33(28,29)26(3)12-11-21-24-22(32-25-21)14-31-18-8-6-17(30-4)7-9-18/h5-10,13H,11-12,14H2,1-4H3,(H,23,27). The van der Waals surface area contributed by atoms with Gasteiger partial charge in [-0.3, -0.25) is 4.79 Å². The van der Waals surface area contributed by atoms with E-state index in [1.165, 1.54) is 24.3 Å². The second-order valence-electron chi connectivity index (χ2n) is 7.33. The average Bonchev–Trinajstić information content (AvgIpc) is 3.25. The van der Waals surface area contributed by atoms with E-state index in [9.17, 15) is 13.2 Å². The summed E-state index contributed by atoms with van der Waals surface area (Å²) in [5, 5.41) is 6.46. The Morgan fingerprint density at radius 3 is 2.52 bits per heavy atom. The second kappa shape index (κ2) is 10.5. The molecule has 0 aliphatic rings. The lowest BCUT2D eigenvalue weighted by Gasteiger charge is -2.19. The van der Waals surface area contributed by atoms with Crippen molar-refractivity contribution < 1.29 is 27.2 Å². The molecule has 2 aromatic carbocycles. The van der Waals surface area contributed by atoms with Gasteiger partial charge in [0.05, 0.1) is 12.8 Å². The zero-order valence-corrected chi connectivity index (χ0v) is 19.7. The molecule has 0 fully saturated rings. The average molecular weight is 475 g/mol. The van der Waals surface area contributed by atoms with E-state index in [0.29, 0.717) is 11.6 Å². The summed E-state index contributed by atoms with van der Waals surface area (Å²) in [5.41, 5.74) is 0.994. The zero-order valence-electron chi connectivity index (χ0n) is 18.9. The number of methoxy groups -OCH3 is 1. The lowest BCUT2D eigenvalue weighted by atomic mass is 10.2. The van der Waals surface area contributed by atoms with E-state index in [2.05, 4.69) is 15.5 Å². The fraction of sp³-hybridized carbons (Fsp3) is 0.318. The minimum absolute atomic E-state index is 0.0295. The van der Waals surface area contributed by atoms with Crippen molar-refractivity contribution in [2.45, 2.75) is 31.8 Å². The molecule has 1 heterocycles. The largest absolute Gasteiger partial charge is 0.497 e. The molecule has 1 N–H and O–H groups in total. The number of benzene rings is 2. The topological polar surface area (TPSA) is 124 Å². The monoisotopic (exact) mass is 474 g/mol. The first kappa shape index (κ1) is 24.2. The summed E-state index contributed by atoms with van der Waals surface area (Å²) in [6, 6.07) is 11.9. The number of nitrogens with one attached hydrogen (secondary N) is 1. The first-order valence-corrected chi connectivity index (χ1v) is 11.6. The highest BCUT2D eigenvalue weighted by Crippen LogP contribution is 2.25. The maximum absolute atomic E-state index is 13.1. The van der Waals surface area contributed by atoms with Crippen LogP contribution in [0.1, 0.15) is 24.2 Å². The Morgan fingerprint density at radius 2 is 1.85 bits per heavy atom. The molecule has 176 valence electrons. The zero-order chi connectivity index (χ0) is 24.0. The van der Waals surface area contributed by atoms with Crippen LogP contribution in [0.4, 0.5) is 5.69 Å². The quantitative estimate of drug-likeness (QED) is 0.476. The predicted molar refractivity (Wildman–Crippen MR) is 121 cm³/mol. The highest BCUT2D eigenvalue weighted by Gasteiger charge is 2.25. The summed E-state index contributed by atoms with van der Waals surface area (Å²) in [6.07, 6.45) is 0.239. The van der Waals surface area contributed by atoms with Gasteiger partial charge in [0, 0.05) is 26.9 Å². The molecular weight excluding hydrogens is 448 g/mol. The molecule has 0 aliphatic heterocycles. The Balaban J connectivity index is 1.61. The van der Waals surface area contributed by atoms with Crippen molar-refractivity contribution in [3.05, 3.63) is 59.7 Å². The molecule has 0 saturated carbocycles. The molecule has 3 aromatic rings. The number of sulfonamides is 1. The van der Waals surface area contributed by atoms with Gasteiger partial charge in [-0.25, -0.2) is 12.7 Å². The Hall–Kier alpha value is -3.44. The summed E-state index contributed by atoms with van der Waals surface area (Å²) >= 11 is 0. The second-order valence-corrected chi connectivity index (χ2v) is 9.34. The van der Waals surface area contributed by atoms with Gasteiger partial charge >= 0.3 is 0 Å². The van der Waals surface area contributed by atoms with Crippen molar-refractivity contribution in [1.29, 1.82) is 0 Å². The number of aromatic nitrogens is 2. The van der Waals surface area contributed by atoms with Gasteiger partial charge in [-0.15, -0.1) is 0 Å². The number of aryl methyl sites for hydroxylation is 1. The van der Waals surface area contributed by atoms with Crippen molar-refractivity contribution in [3.63, 3.8) is 0 Å². The van der Waals surface area contributed by atoms with Gasteiger partial charge in [0.1, 0.15) is 16.4 Å². The Kier molecular flexibility index (Phi) is 7.67. The highest BCUT2D eigenvalue weighted by atomic mass is 32.2. The molecule has 0 unspecified atom stereocenters. The van der Waals surface area contributed by atoms with Crippen LogP contribution < -0.4 is 14.8 Å². The Bertz CT molecular complexity index is 1210. The SMILES string of the molecule is COc1ccc(OCc2nc(CCN(C)S(=O)(=O)c3cc(C)ccc3NC(C)=O)no2)cc1. The molecule has 3 rings (SSSR count). The van der Waals surface area contributed by atoms with E-state index in [1.54, 1.807) is 50.4 Å². The van der Waals surface area contributed by atoms with Crippen LogP contribution in [0.15, 0.2) is 51.9 Å². The van der Waals surface area contributed by atoms with Crippen LogP contribution in [-0.4, -0.2) is 49.5 Å². The summed E-state index contributed by atoms with van der Waals surface area (Å²) in [5.74, 6) is 1.62. The van der Waals surface area contributed by atoms with Crippen molar-refractivity contribution in [2.75, 3.05) is 26.0 Å². The van der Waals surface area contributed by atoms with Gasteiger partial charge in [0.15, 0.2) is 12.4 Å². The van der Waals surface area contributed by atoms with E-state index >= 15 is 0 Å². The molecule has 0 saturated heterocycles. The van der Waals surface area contributed by atoms with Crippen LogP contribution in [0.25, 0.3) is 0 Å². The fourth-order valence-corrected chi connectivity index (χ4v) is 4.35. The van der Waals surface area contributed by atoms with Gasteiger partial charge in [-0.2, -0.15) is 4.98 Å². The smallest absolute Gasteiger partial charge is 0.264 e. The Labute approximate surface area is 192 Å². The highest BCUT2D eigenvalue weighted by molar-refractivity contribution is 7.89. The number of likely N-dealkylation sites (N-methyl/N-ethyl adjacent to an activating group) is 1. The predicted octanol–water partition coefficient (Wildman–Crippen LogP) is 2.79. The van der Waals surface area contributed by atoms with Crippen LogP contribution in [0.2, 0.25) is 0 Å². The number of carbonyl (C=O) groups excluding carboxylic acids is 1. The van der Waals surface area contributed by atoms with Crippen LogP contribution >= 0.6 is 0 Å². The molecular formula is C22H26N4O6S. The van der Waals surface area contributed by atoms with E-state index in [1.807, 2.05) is 0 Å². The van der Waals surface area contributed by atoms with Gasteiger partial charge in [-0.1, -0.05) is 11.2 Å². The first-order chi connectivity index (χ1) is 15.7. The van der Waals surface area contributed by atoms with Crippen molar-refractivity contribution >= 4 is 21.6 Å².